The zero-order chi connectivity index (χ0) is 58.2. The predicted octanol–water partition coefficient (Wildman–Crippen LogP) is 12.9. The molecule has 86 heavy (non-hydrogen) atoms. The third kappa shape index (κ3) is 9.50. The summed E-state index contributed by atoms with van der Waals surface area (Å²) in [5, 5.41) is 32.7. The molecule has 4 N–H and O–H groups in total. The molecule has 1 amide bonds. The van der Waals surface area contributed by atoms with E-state index in [2.05, 4.69) is 94.1 Å². The van der Waals surface area contributed by atoms with Crippen LogP contribution in [0.5, 0.6) is 0 Å². The van der Waals surface area contributed by atoms with Crippen LogP contribution in [0.2, 0.25) is 0 Å². The van der Waals surface area contributed by atoms with Crippen molar-refractivity contribution in [1.29, 1.82) is 0 Å². The minimum atomic E-state index is -0.443. The van der Waals surface area contributed by atoms with Gasteiger partial charge in [-0.05, 0) is 188 Å². The number of fused-ring (bicyclic) bond motifs is 8. The van der Waals surface area contributed by atoms with Crippen molar-refractivity contribution in [2.45, 2.75) is 134 Å². The van der Waals surface area contributed by atoms with Gasteiger partial charge in [0.2, 0.25) is 5.91 Å². The maximum Gasteiger partial charge on any atom is 0.249 e. The number of aryl methyl sites for hydroxylation is 3. The van der Waals surface area contributed by atoms with Crippen LogP contribution in [0.3, 0.4) is 0 Å². The van der Waals surface area contributed by atoms with E-state index in [0.717, 1.165) is 95.9 Å². The summed E-state index contributed by atoms with van der Waals surface area (Å²) in [7, 11) is 0. The minimum Gasteiger partial charge on any atom is -0.395 e. The highest BCUT2D eigenvalue weighted by Crippen LogP contribution is 2.54. The summed E-state index contributed by atoms with van der Waals surface area (Å²) in [4.78, 5) is 39.5. The number of hydrogen-bond donors (Lipinski definition) is 3. The zero-order valence-electron chi connectivity index (χ0n) is 48.7. The number of primary amides is 1. The Labute approximate surface area is 498 Å². The number of benzene rings is 1. The molecule has 0 spiro atoms. The molecule has 0 saturated heterocycles. The Morgan fingerprint density at radius 3 is 1.51 bits per heavy atom. The second kappa shape index (κ2) is 22.0. The summed E-state index contributed by atoms with van der Waals surface area (Å²) in [6.45, 7) is 6.62. The molecule has 0 unspecified atom stereocenters. The Balaban J connectivity index is 0.000000109. The van der Waals surface area contributed by atoms with Crippen molar-refractivity contribution in [3.8, 4) is 67.5 Å². The van der Waals surface area contributed by atoms with Crippen molar-refractivity contribution < 1.29 is 9.90 Å². The lowest BCUT2D eigenvalue weighted by Gasteiger charge is -2.37. The van der Waals surface area contributed by atoms with Gasteiger partial charge in [-0.15, -0.1) is 0 Å². The van der Waals surface area contributed by atoms with Gasteiger partial charge in [-0.25, -0.2) is 14.5 Å². The summed E-state index contributed by atoms with van der Waals surface area (Å²) >= 11 is 0. The molecule has 9 aliphatic rings. The summed E-state index contributed by atoms with van der Waals surface area (Å²) in [6, 6.07) is 35.9. The Morgan fingerprint density at radius 1 is 0.547 bits per heavy atom. The molecule has 3 aliphatic carbocycles. The summed E-state index contributed by atoms with van der Waals surface area (Å²) < 4.78 is 8.69. The number of nitrogens with two attached hydrogens (primary N) is 1. The number of carbonyl (C=O) groups excluding carboxylic acids is 1. The van der Waals surface area contributed by atoms with Gasteiger partial charge < -0.3 is 16.2 Å². The number of anilines is 1. The van der Waals surface area contributed by atoms with Crippen molar-refractivity contribution in [2.24, 2.45) is 5.73 Å². The van der Waals surface area contributed by atoms with Crippen molar-refractivity contribution in [2.75, 3.05) is 18.5 Å². The number of hydrogen-bond acceptors (Lipinski definition) is 13. The van der Waals surface area contributed by atoms with Crippen LogP contribution in [0.4, 0.5) is 5.82 Å². The molecule has 3 saturated carbocycles. The summed E-state index contributed by atoms with van der Waals surface area (Å²) in [6.07, 6.45) is 21.8. The van der Waals surface area contributed by atoms with Crippen molar-refractivity contribution in [1.82, 2.24) is 68.9 Å². The van der Waals surface area contributed by atoms with E-state index in [1.165, 1.54) is 105 Å². The number of carbonyl (C=O) groups is 1. The van der Waals surface area contributed by atoms with Gasteiger partial charge in [0, 0.05) is 87.6 Å². The summed E-state index contributed by atoms with van der Waals surface area (Å²) in [5.41, 5.74) is 27.3. The van der Waals surface area contributed by atoms with Crippen LogP contribution in [0.25, 0.3) is 84.1 Å². The first-order valence-electron chi connectivity index (χ1n) is 30.6. The maximum absolute atomic E-state index is 12.0. The first-order chi connectivity index (χ1) is 42.1. The molecular weight excluding hydrogens is 1070 g/mol. The Kier molecular flexibility index (Phi) is 13.6. The van der Waals surface area contributed by atoms with Crippen LogP contribution in [-0.2, 0) is 0 Å². The number of nitrogens with zero attached hydrogens (tertiary/aromatic N) is 14. The summed E-state index contributed by atoms with van der Waals surface area (Å²) in [5.74, 6) is 1.98. The average molecular weight is 1140 g/mol. The number of pyridine rings is 6. The SMILES string of the molecule is Cc1cccc(-c2nn3c(c2-c2ccc4nccc(C(N)=O)c4c2)C2CCC3CC2)n1.Cc1cccc(-c2nn3c(c2-c2ccc4ncnn4c2)C2CCC3CC2)n1.Cc1cccc(-c2nn3c(c2-c2ccnc(NCCO)c2)C2CCC3CC2)n1. The highest BCUT2D eigenvalue weighted by Gasteiger charge is 2.41. The van der Waals surface area contributed by atoms with Gasteiger partial charge >= 0.3 is 0 Å². The van der Waals surface area contributed by atoms with E-state index in [1.807, 2.05) is 80.0 Å². The van der Waals surface area contributed by atoms with Crippen LogP contribution in [0.1, 0.15) is 157 Å². The molecule has 18 nitrogen and oxygen atoms in total. The number of nitrogens with one attached hydrogen (secondary N) is 1. The molecule has 11 aromatic rings. The predicted molar refractivity (Wildman–Crippen MR) is 331 cm³/mol. The van der Waals surface area contributed by atoms with Crippen molar-refractivity contribution in [3.05, 3.63) is 168 Å². The smallest absolute Gasteiger partial charge is 0.249 e. The second-order valence-electron chi connectivity index (χ2n) is 24.2. The lowest BCUT2D eigenvalue weighted by molar-refractivity contribution is 0.100. The van der Waals surface area contributed by atoms with Gasteiger partial charge in [0.15, 0.2) is 5.65 Å². The van der Waals surface area contributed by atoms with Crippen LogP contribution in [0.15, 0.2) is 128 Å². The van der Waals surface area contributed by atoms with E-state index < -0.39 is 5.91 Å². The van der Waals surface area contributed by atoms with E-state index in [4.69, 9.17) is 41.1 Å². The van der Waals surface area contributed by atoms with E-state index in [-0.39, 0.29) is 6.61 Å². The molecule has 3 fully saturated rings. The maximum atomic E-state index is 12.0. The van der Waals surface area contributed by atoms with Crippen LogP contribution in [-0.4, -0.2) is 93.0 Å². The van der Waals surface area contributed by atoms with Crippen molar-refractivity contribution >= 4 is 28.3 Å². The van der Waals surface area contributed by atoms with Crippen LogP contribution >= 0.6 is 0 Å². The van der Waals surface area contributed by atoms with Gasteiger partial charge in [-0.2, -0.15) is 20.4 Å². The topological polar surface area (TPSA) is 223 Å². The van der Waals surface area contributed by atoms with Crippen LogP contribution < -0.4 is 11.1 Å². The Hall–Kier alpha value is -9.29. The number of aliphatic hydroxyl groups is 1. The number of rotatable bonds is 10. The molecule has 16 heterocycles. The Morgan fingerprint density at radius 2 is 1.02 bits per heavy atom. The quantitative estimate of drug-likeness (QED) is 0.116. The van der Waals surface area contributed by atoms with Crippen molar-refractivity contribution in [3.63, 3.8) is 0 Å². The molecular formula is C68H68N16O2. The van der Waals surface area contributed by atoms with E-state index in [9.17, 15) is 4.79 Å². The monoisotopic (exact) mass is 1140 g/mol. The van der Waals surface area contributed by atoms with Gasteiger partial charge in [-0.3, -0.25) is 38.8 Å². The fourth-order valence-electron chi connectivity index (χ4n) is 14.9. The molecule has 20 rings (SSSR count). The van der Waals surface area contributed by atoms with E-state index >= 15 is 0 Å². The molecule has 18 heteroatoms. The van der Waals surface area contributed by atoms with Crippen LogP contribution in [0, 0.1) is 20.8 Å². The Bertz CT molecular complexity index is 4400. The zero-order valence-corrected chi connectivity index (χ0v) is 48.7. The molecule has 6 aliphatic heterocycles. The number of aromatic nitrogens is 14. The van der Waals surface area contributed by atoms with E-state index in [0.29, 0.717) is 48.0 Å². The third-order valence-electron chi connectivity index (χ3n) is 18.8. The normalized spacial score (nSPS) is 20.2. The lowest BCUT2D eigenvalue weighted by Crippen LogP contribution is -2.28. The fraction of sp³-hybridized carbons (Fsp3) is 0.338. The first kappa shape index (κ1) is 53.4. The first-order valence-corrected chi connectivity index (χ1v) is 30.6. The molecule has 0 atom stereocenters. The standard InChI is InChI=1S/C25H23N5O.C22H25N5O.C21H20N6/c1-14-3-2-4-21(28-14)23-22(24-15-5-8-17(9-6-15)30(24)29-23)16-7-10-20-19(13-16)18(25(26)31)11-12-27-20;1-14-3-2-4-18(25-14)21-20(16-9-10-23-19(13-16)24-11-12-28)22-15-5-7-17(8-6-15)27(22)26-21;1-13-3-2-4-17(24-13)20-19(15-7-10-18-22-12-23-26(18)11-15)21-14-5-8-16(9-6-14)27(21)25-20/h2-4,7,10-13,15,17H,5-6,8-9H2,1H3,(H2,26,31);2-4,9-10,13,15,17,28H,5-8,11-12H2,1H3,(H,23,24);2-4,7,10-12,14,16H,5-6,8-9H2,1H3. The molecule has 432 valence electrons. The highest BCUT2D eigenvalue weighted by molar-refractivity contribution is 6.06. The van der Waals surface area contributed by atoms with Gasteiger partial charge in [0.05, 0.1) is 70.0 Å². The lowest BCUT2D eigenvalue weighted by atomic mass is 9.77. The van der Waals surface area contributed by atoms with Gasteiger partial charge in [0.1, 0.15) is 29.2 Å². The second-order valence-corrected chi connectivity index (χ2v) is 24.2. The molecule has 1 aromatic carbocycles. The minimum absolute atomic E-state index is 0.0807. The highest BCUT2D eigenvalue weighted by atomic mass is 16.3. The molecule has 10 aromatic heterocycles. The fourth-order valence-corrected chi connectivity index (χ4v) is 14.9. The van der Waals surface area contributed by atoms with E-state index in [1.54, 1.807) is 18.6 Å². The third-order valence-corrected chi connectivity index (χ3v) is 18.8. The van der Waals surface area contributed by atoms with Gasteiger partial charge in [-0.1, -0.05) is 24.3 Å². The molecule has 6 bridgehead atoms. The molecule has 0 radical (unpaired) electrons. The number of amides is 1. The number of aliphatic hydroxyl groups excluding tert-OH is 1. The van der Waals surface area contributed by atoms with Gasteiger partial charge in [0.25, 0.3) is 0 Å². The average Bonchev–Trinajstić information content (AvgIpc) is 1.96. The largest absolute Gasteiger partial charge is 0.395 e.